The highest BCUT2D eigenvalue weighted by Gasteiger charge is 2.29. The summed E-state index contributed by atoms with van der Waals surface area (Å²) >= 11 is 0. The molecule has 0 radical (unpaired) electrons. The van der Waals surface area contributed by atoms with Crippen LogP contribution in [0.2, 0.25) is 0 Å². The molecule has 1 amide bonds. The normalized spacial score (nSPS) is 16.9. The molecule has 35 heavy (non-hydrogen) atoms. The Balaban J connectivity index is 1.32. The zero-order valence-corrected chi connectivity index (χ0v) is 20.6. The number of aromatic nitrogens is 4. The molecule has 4 aromatic rings. The van der Waals surface area contributed by atoms with Crippen molar-refractivity contribution in [3.05, 3.63) is 77.7 Å². The molecule has 1 saturated heterocycles. The highest BCUT2D eigenvalue weighted by molar-refractivity contribution is 5.87. The van der Waals surface area contributed by atoms with Crippen LogP contribution in [0.3, 0.4) is 0 Å². The van der Waals surface area contributed by atoms with Gasteiger partial charge in [-0.1, -0.05) is 48.9 Å². The van der Waals surface area contributed by atoms with Crippen LogP contribution in [0.15, 0.2) is 61.1 Å². The first-order valence-corrected chi connectivity index (χ1v) is 12.4. The number of aryl methyl sites for hydroxylation is 2. The Kier molecular flexibility index (Phi) is 6.49. The lowest BCUT2D eigenvalue weighted by molar-refractivity contribution is -0.125. The number of piperidine rings is 1. The SMILES string of the molecule is CCc1ccc(C(C)NC(=O)C2CCCN(c3ncnc4nn(-c5ccc(C)cc5)cc34)C2)cc1. The van der Waals surface area contributed by atoms with E-state index in [9.17, 15) is 4.79 Å². The number of anilines is 1. The number of amides is 1. The highest BCUT2D eigenvalue weighted by atomic mass is 16.2. The molecule has 5 rings (SSSR count). The third-order valence-corrected chi connectivity index (χ3v) is 6.93. The van der Waals surface area contributed by atoms with Crippen molar-refractivity contribution >= 4 is 22.8 Å². The van der Waals surface area contributed by atoms with Gasteiger partial charge in [-0.15, -0.1) is 5.10 Å². The summed E-state index contributed by atoms with van der Waals surface area (Å²) in [6.45, 7) is 7.76. The van der Waals surface area contributed by atoms with Gasteiger partial charge in [0.25, 0.3) is 0 Å². The molecule has 1 aliphatic rings. The van der Waals surface area contributed by atoms with Crippen LogP contribution in [-0.4, -0.2) is 38.7 Å². The van der Waals surface area contributed by atoms with Crippen molar-refractivity contribution in [1.29, 1.82) is 0 Å². The molecule has 2 aromatic heterocycles. The second kappa shape index (κ2) is 9.86. The highest BCUT2D eigenvalue weighted by Crippen LogP contribution is 2.28. The van der Waals surface area contributed by atoms with E-state index in [1.807, 2.05) is 29.9 Å². The Labute approximate surface area is 206 Å². The van der Waals surface area contributed by atoms with E-state index in [2.05, 4.69) is 75.5 Å². The lowest BCUT2D eigenvalue weighted by atomic mass is 9.96. The second-order valence-corrected chi connectivity index (χ2v) is 9.45. The van der Waals surface area contributed by atoms with E-state index in [4.69, 9.17) is 0 Å². The Morgan fingerprint density at radius 2 is 1.89 bits per heavy atom. The molecule has 2 unspecified atom stereocenters. The van der Waals surface area contributed by atoms with Gasteiger partial charge in [-0.2, -0.15) is 0 Å². The molecule has 2 aromatic carbocycles. The Morgan fingerprint density at radius 1 is 1.11 bits per heavy atom. The van der Waals surface area contributed by atoms with Gasteiger partial charge in [-0.3, -0.25) is 4.79 Å². The van der Waals surface area contributed by atoms with Crippen LogP contribution < -0.4 is 10.2 Å². The first kappa shape index (κ1) is 23.0. The van der Waals surface area contributed by atoms with Gasteiger partial charge in [0.05, 0.1) is 23.0 Å². The summed E-state index contributed by atoms with van der Waals surface area (Å²) < 4.78 is 1.85. The van der Waals surface area contributed by atoms with Crippen LogP contribution in [0.4, 0.5) is 5.82 Å². The van der Waals surface area contributed by atoms with E-state index in [1.54, 1.807) is 6.33 Å². The number of benzene rings is 2. The molecule has 1 fully saturated rings. The van der Waals surface area contributed by atoms with E-state index >= 15 is 0 Å². The molecule has 1 N–H and O–H groups in total. The number of rotatable bonds is 6. The summed E-state index contributed by atoms with van der Waals surface area (Å²) in [6.07, 6.45) is 6.38. The summed E-state index contributed by atoms with van der Waals surface area (Å²) in [6, 6.07) is 16.7. The van der Waals surface area contributed by atoms with Gasteiger partial charge >= 0.3 is 0 Å². The Bertz CT molecular complexity index is 1310. The van der Waals surface area contributed by atoms with Crippen LogP contribution in [0.25, 0.3) is 16.7 Å². The van der Waals surface area contributed by atoms with E-state index in [1.165, 1.54) is 11.1 Å². The first-order chi connectivity index (χ1) is 17.0. The summed E-state index contributed by atoms with van der Waals surface area (Å²) in [5.41, 5.74) is 5.28. The number of hydrogen-bond donors (Lipinski definition) is 1. The molecular formula is C28H32N6O. The number of carbonyl (C=O) groups is 1. The maximum Gasteiger partial charge on any atom is 0.225 e. The minimum atomic E-state index is -0.0849. The van der Waals surface area contributed by atoms with Crippen LogP contribution >= 0.6 is 0 Å². The Hall–Kier alpha value is -3.74. The van der Waals surface area contributed by atoms with Crippen LogP contribution in [0.5, 0.6) is 0 Å². The third-order valence-electron chi connectivity index (χ3n) is 6.93. The van der Waals surface area contributed by atoms with Crippen LogP contribution in [0, 0.1) is 12.8 Å². The predicted molar refractivity (Wildman–Crippen MR) is 139 cm³/mol. The molecule has 0 bridgehead atoms. The number of carbonyl (C=O) groups excluding carboxylic acids is 1. The molecule has 3 heterocycles. The van der Waals surface area contributed by atoms with Crippen molar-refractivity contribution < 1.29 is 4.79 Å². The van der Waals surface area contributed by atoms with E-state index < -0.39 is 0 Å². The van der Waals surface area contributed by atoms with Crippen LogP contribution in [-0.2, 0) is 11.2 Å². The van der Waals surface area contributed by atoms with Crippen LogP contribution in [0.1, 0.15) is 49.4 Å². The van der Waals surface area contributed by atoms with Gasteiger partial charge in [0.1, 0.15) is 12.1 Å². The molecule has 7 heteroatoms. The molecule has 1 aliphatic heterocycles. The predicted octanol–water partition coefficient (Wildman–Crippen LogP) is 4.78. The molecule has 0 aliphatic carbocycles. The smallest absolute Gasteiger partial charge is 0.225 e. The molecular weight excluding hydrogens is 436 g/mol. The number of nitrogens with one attached hydrogen (secondary N) is 1. The van der Waals surface area contributed by atoms with Gasteiger partial charge in [-0.05, 0) is 56.4 Å². The third kappa shape index (κ3) is 4.90. The quantitative estimate of drug-likeness (QED) is 0.441. The van der Waals surface area contributed by atoms with Gasteiger partial charge < -0.3 is 10.2 Å². The molecule has 0 spiro atoms. The summed E-state index contributed by atoms with van der Waals surface area (Å²) in [4.78, 5) is 24.4. The van der Waals surface area contributed by atoms with Gasteiger partial charge in [0.15, 0.2) is 5.65 Å². The fraction of sp³-hybridized carbons (Fsp3) is 0.357. The lowest BCUT2D eigenvalue weighted by Crippen LogP contribution is -2.44. The van der Waals surface area contributed by atoms with E-state index in [0.717, 1.165) is 48.3 Å². The van der Waals surface area contributed by atoms with Gasteiger partial charge in [0.2, 0.25) is 5.91 Å². The van der Waals surface area contributed by atoms with Crippen molar-refractivity contribution in [2.24, 2.45) is 5.92 Å². The molecule has 7 nitrogen and oxygen atoms in total. The van der Waals surface area contributed by atoms with Crippen molar-refractivity contribution in [2.75, 3.05) is 18.0 Å². The zero-order valence-electron chi connectivity index (χ0n) is 20.6. The Morgan fingerprint density at radius 3 is 2.63 bits per heavy atom. The number of nitrogens with zero attached hydrogens (tertiary/aromatic N) is 5. The van der Waals surface area contributed by atoms with Gasteiger partial charge in [0, 0.05) is 19.3 Å². The minimum absolute atomic E-state index is 0.0257. The second-order valence-electron chi connectivity index (χ2n) is 9.45. The molecule has 0 saturated carbocycles. The fourth-order valence-electron chi connectivity index (χ4n) is 4.75. The number of hydrogen-bond acceptors (Lipinski definition) is 5. The minimum Gasteiger partial charge on any atom is -0.355 e. The average molecular weight is 469 g/mol. The topological polar surface area (TPSA) is 75.9 Å². The zero-order chi connectivity index (χ0) is 24.4. The standard InChI is InChI=1S/C28H32N6O/c1-4-21-9-11-22(12-10-21)20(3)31-28(35)23-6-5-15-33(16-23)27-25-17-34(32-26(25)29-18-30-27)24-13-7-19(2)8-14-24/h7-14,17-18,20,23H,4-6,15-16H2,1-3H3,(H,31,35). The molecule has 2 atom stereocenters. The van der Waals surface area contributed by atoms with Crippen molar-refractivity contribution in [3.8, 4) is 5.69 Å². The van der Waals surface area contributed by atoms with Gasteiger partial charge in [-0.25, -0.2) is 14.6 Å². The summed E-state index contributed by atoms with van der Waals surface area (Å²) in [5.74, 6) is 0.856. The monoisotopic (exact) mass is 468 g/mol. The first-order valence-electron chi connectivity index (χ1n) is 12.4. The van der Waals surface area contributed by atoms with Crippen molar-refractivity contribution in [2.45, 2.75) is 46.1 Å². The summed E-state index contributed by atoms with van der Waals surface area (Å²) in [7, 11) is 0. The van der Waals surface area contributed by atoms with E-state index in [-0.39, 0.29) is 17.9 Å². The summed E-state index contributed by atoms with van der Waals surface area (Å²) in [5, 5.41) is 8.80. The van der Waals surface area contributed by atoms with Crippen molar-refractivity contribution in [3.63, 3.8) is 0 Å². The molecule has 180 valence electrons. The van der Waals surface area contributed by atoms with E-state index in [0.29, 0.717) is 12.2 Å². The maximum atomic E-state index is 13.2. The number of fused-ring (bicyclic) bond motifs is 1. The fourth-order valence-corrected chi connectivity index (χ4v) is 4.75. The maximum absolute atomic E-state index is 13.2. The lowest BCUT2D eigenvalue weighted by Gasteiger charge is -2.33. The largest absolute Gasteiger partial charge is 0.355 e. The average Bonchev–Trinajstić information content (AvgIpc) is 3.33. The van der Waals surface area contributed by atoms with Crippen molar-refractivity contribution in [1.82, 2.24) is 25.1 Å².